The first-order chi connectivity index (χ1) is 21.9. The molecule has 8 nitrogen and oxygen atoms in total. The SMILES string of the molecule is Cc1ccc(NC(=O)Nc2cc(-c3ccccc3-c3nnn[nH]3)ccc2N(CCC(F)(F)F)Cc2ccc(C(F)(F)F)cc2)cc1. The Morgan fingerprint density at radius 2 is 1.54 bits per heavy atom. The van der Waals surface area contributed by atoms with Crippen molar-refractivity contribution in [2.45, 2.75) is 32.2 Å². The molecule has 0 saturated heterocycles. The number of halogens is 6. The average Bonchev–Trinajstić information content (AvgIpc) is 3.55. The summed E-state index contributed by atoms with van der Waals surface area (Å²) in [6.07, 6.45) is -10.3. The van der Waals surface area contributed by atoms with Crippen LogP contribution in [0.25, 0.3) is 22.5 Å². The van der Waals surface area contributed by atoms with Crippen molar-refractivity contribution in [3.05, 3.63) is 108 Å². The van der Waals surface area contributed by atoms with Crippen molar-refractivity contribution in [3.8, 4) is 22.5 Å². The summed E-state index contributed by atoms with van der Waals surface area (Å²) in [4.78, 5) is 14.6. The van der Waals surface area contributed by atoms with Crippen molar-refractivity contribution in [3.63, 3.8) is 0 Å². The molecular formula is C32H27F6N7O. The summed E-state index contributed by atoms with van der Waals surface area (Å²) in [5.74, 6) is 0.375. The Hall–Kier alpha value is -5.40. The van der Waals surface area contributed by atoms with Gasteiger partial charge in [0.15, 0.2) is 5.82 Å². The van der Waals surface area contributed by atoms with Gasteiger partial charge in [0.1, 0.15) is 0 Å². The maximum absolute atomic E-state index is 13.4. The summed E-state index contributed by atoms with van der Waals surface area (Å²) in [7, 11) is 0. The number of aromatic amines is 1. The van der Waals surface area contributed by atoms with E-state index in [1.54, 1.807) is 66.7 Å². The number of tetrazole rings is 1. The van der Waals surface area contributed by atoms with E-state index in [2.05, 4.69) is 31.3 Å². The minimum Gasteiger partial charge on any atom is -0.365 e. The van der Waals surface area contributed by atoms with Crippen LogP contribution >= 0.6 is 0 Å². The average molecular weight is 640 g/mol. The number of anilines is 3. The quantitative estimate of drug-likeness (QED) is 0.141. The van der Waals surface area contributed by atoms with Gasteiger partial charge in [-0.05, 0) is 70.4 Å². The standard InChI is InChI=1S/C32H27F6N7O/c1-20-6-13-24(14-7-20)39-30(46)40-27-18-22(25-4-2-3-5-26(25)29-41-43-44-42-29)10-15-28(27)45(17-16-31(33,34)35)19-21-8-11-23(12-9-21)32(36,37)38/h2-15,18H,16-17,19H2,1H3,(H2,39,40,46)(H,41,42,43,44). The van der Waals surface area contributed by atoms with E-state index in [0.717, 1.165) is 17.7 Å². The fourth-order valence-electron chi connectivity index (χ4n) is 4.78. The lowest BCUT2D eigenvalue weighted by Crippen LogP contribution is -2.29. The zero-order valence-corrected chi connectivity index (χ0v) is 24.2. The number of nitrogens with one attached hydrogen (secondary N) is 3. The van der Waals surface area contributed by atoms with Crippen LogP contribution in [0.3, 0.4) is 0 Å². The van der Waals surface area contributed by atoms with Gasteiger partial charge in [-0.3, -0.25) is 0 Å². The first kappa shape index (κ1) is 32.0. The minimum absolute atomic E-state index is 0.165. The second-order valence-corrected chi connectivity index (χ2v) is 10.5. The number of rotatable bonds is 9. The van der Waals surface area contributed by atoms with Crippen molar-refractivity contribution < 1.29 is 31.1 Å². The van der Waals surface area contributed by atoms with Gasteiger partial charge in [-0.25, -0.2) is 9.89 Å². The van der Waals surface area contributed by atoms with E-state index >= 15 is 0 Å². The summed E-state index contributed by atoms with van der Waals surface area (Å²) in [5.41, 5.74) is 3.22. The van der Waals surface area contributed by atoms with Crippen molar-refractivity contribution in [1.82, 2.24) is 20.6 Å². The predicted octanol–water partition coefficient (Wildman–Crippen LogP) is 8.46. The second kappa shape index (κ2) is 13.3. The van der Waals surface area contributed by atoms with Gasteiger partial charge >= 0.3 is 18.4 Å². The monoisotopic (exact) mass is 639 g/mol. The highest BCUT2D eigenvalue weighted by atomic mass is 19.4. The number of amides is 2. The number of hydrogen-bond donors (Lipinski definition) is 3. The molecule has 0 aliphatic rings. The van der Waals surface area contributed by atoms with Gasteiger partial charge in [0.05, 0.1) is 23.4 Å². The van der Waals surface area contributed by atoms with E-state index in [4.69, 9.17) is 0 Å². The van der Waals surface area contributed by atoms with Crippen LogP contribution in [-0.2, 0) is 12.7 Å². The molecule has 0 saturated carbocycles. The van der Waals surface area contributed by atoms with Gasteiger partial charge in [-0.2, -0.15) is 26.3 Å². The lowest BCUT2D eigenvalue weighted by atomic mass is 9.98. The second-order valence-electron chi connectivity index (χ2n) is 10.5. The molecule has 0 spiro atoms. The number of aryl methyl sites for hydroxylation is 1. The molecule has 3 N–H and O–H groups in total. The van der Waals surface area contributed by atoms with E-state index in [1.165, 1.54) is 17.0 Å². The van der Waals surface area contributed by atoms with Gasteiger partial charge in [-0.15, -0.1) is 5.10 Å². The number of H-pyrrole nitrogens is 1. The molecule has 0 bridgehead atoms. The topological polar surface area (TPSA) is 98.8 Å². The lowest BCUT2D eigenvalue weighted by Gasteiger charge is -2.28. The molecule has 46 heavy (non-hydrogen) atoms. The Morgan fingerprint density at radius 3 is 2.17 bits per heavy atom. The van der Waals surface area contributed by atoms with E-state index in [0.29, 0.717) is 33.8 Å². The van der Waals surface area contributed by atoms with Gasteiger partial charge in [0.2, 0.25) is 0 Å². The number of urea groups is 1. The first-order valence-corrected chi connectivity index (χ1v) is 14.0. The third-order valence-corrected chi connectivity index (χ3v) is 7.05. The minimum atomic E-state index is -4.57. The number of carbonyl (C=O) groups excluding carboxylic acids is 1. The van der Waals surface area contributed by atoms with Crippen molar-refractivity contribution in [1.29, 1.82) is 0 Å². The fourth-order valence-corrected chi connectivity index (χ4v) is 4.78. The molecule has 2 amide bonds. The summed E-state index contributed by atoms with van der Waals surface area (Å²) in [5, 5.41) is 19.4. The molecular weight excluding hydrogens is 612 g/mol. The molecule has 5 rings (SSSR count). The molecule has 4 aromatic carbocycles. The first-order valence-electron chi connectivity index (χ1n) is 14.0. The molecule has 1 aromatic heterocycles. The maximum atomic E-state index is 13.4. The summed E-state index contributed by atoms with van der Waals surface area (Å²) < 4.78 is 79.8. The largest absolute Gasteiger partial charge is 0.416 e. The van der Waals surface area contributed by atoms with Crippen LogP contribution in [0.2, 0.25) is 0 Å². The molecule has 1 heterocycles. The Labute approximate surface area is 259 Å². The van der Waals surface area contributed by atoms with Crippen LogP contribution in [0.4, 0.5) is 48.2 Å². The molecule has 0 unspecified atom stereocenters. The summed E-state index contributed by atoms with van der Waals surface area (Å²) in [6, 6.07) is 22.6. The highest BCUT2D eigenvalue weighted by Gasteiger charge is 2.31. The smallest absolute Gasteiger partial charge is 0.365 e. The number of carbonyl (C=O) groups is 1. The van der Waals surface area contributed by atoms with Crippen molar-refractivity contribution >= 4 is 23.1 Å². The molecule has 0 aliphatic heterocycles. The highest BCUT2D eigenvalue weighted by molar-refractivity contribution is 6.02. The maximum Gasteiger partial charge on any atom is 0.416 e. The fraction of sp³-hybridized carbons (Fsp3) is 0.188. The normalized spacial score (nSPS) is 11.7. The molecule has 0 fully saturated rings. The highest BCUT2D eigenvalue weighted by Crippen LogP contribution is 2.37. The Morgan fingerprint density at radius 1 is 0.848 bits per heavy atom. The van der Waals surface area contributed by atoms with Crippen LogP contribution in [-0.4, -0.2) is 39.4 Å². The summed E-state index contributed by atoms with van der Waals surface area (Å²) in [6.45, 7) is 1.20. The summed E-state index contributed by atoms with van der Waals surface area (Å²) >= 11 is 0. The van der Waals surface area contributed by atoms with Gasteiger partial charge in [0.25, 0.3) is 0 Å². The Balaban J connectivity index is 1.55. The number of hydrogen-bond acceptors (Lipinski definition) is 5. The molecule has 14 heteroatoms. The van der Waals surface area contributed by atoms with Gasteiger partial charge < -0.3 is 15.5 Å². The molecule has 238 valence electrons. The third-order valence-electron chi connectivity index (χ3n) is 7.05. The van der Waals surface area contributed by atoms with Gasteiger partial charge in [0, 0.05) is 24.3 Å². The van der Waals surface area contributed by atoms with E-state index < -0.39 is 36.9 Å². The molecule has 0 aliphatic carbocycles. The van der Waals surface area contributed by atoms with Crippen LogP contribution in [0.15, 0.2) is 91.0 Å². The van der Waals surface area contributed by atoms with Crippen molar-refractivity contribution in [2.24, 2.45) is 0 Å². The number of nitrogens with zero attached hydrogens (tertiary/aromatic N) is 4. The van der Waals surface area contributed by atoms with Crippen LogP contribution in [0.1, 0.15) is 23.1 Å². The van der Waals surface area contributed by atoms with Crippen LogP contribution in [0.5, 0.6) is 0 Å². The predicted molar refractivity (Wildman–Crippen MR) is 162 cm³/mol. The number of benzene rings is 4. The van der Waals surface area contributed by atoms with Crippen LogP contribution < -0.4 is 15.5 Å². The van der Waals surface area contributed by atoms with Crippen LogP contribution in [0, 0.1) is 6.92 Å². The zero-order valence-electron chi connectivity index (χ0n) is 24.2. The van der Waals surface area contributed by atoms with E-state index in [-0.39, 0.29) is 17.9 Å². The van der Waals surface area contributed by atoms with Crippen molar-refractivity contribution in [2.75, 3.05) is 22.1 Å². The van der Waals surface area contributed by atoms with Gasteiger partial charge in [-0.1, -0.05) is 60.2 Å². The number of alkyl halides is 6. The van der Waals surface area contributed by atoms with E-state index in [9.17, 15) is 31.1 Å². The molecule has 0 atom stereocenters. The Bertz CT molecular complexity index is 1770. The lowest BCUT2D eigenvalue weighted by molar-refractivity contribution is -0.137. The van der Waals surface area contributed by atoms with E-state index in [1.807, 2.05) is 6.92 Å². The Kier molecular flexibility index (Phi) is 9.26. The molecule has 5 aromatic rings. The third kappa shape index (κ3) is 8.20. The number of aromatic nitrogens is 4. The zero-order chi connectivity index (χ0) is 32.9. The molecule has 0 radical (unpaired) electrons.